The molecule has 8 rings (SSSR count). The minimum atomic E-state index is -1.63. The minimum absolute atomic E-state index is 0.127. The van der Waals surface area contributed by atoms with Gasteiger partial charge in [-0.05, 0) is 68.0 Å². The minimum Gasteiger partial charge on any atom is -0.457 e. The highest BCUT2D eigenvalue weighted by molar-refractivity contribution is 14.1. The van der Waals surface area contributed by atoms with Crippen LogP contribution in [0, 0.1) is 0 Å². The van der Waals surface area contributed by atoms with Gasteiger partial charge in [-0.2, -0.15) is 0 Å². The van der Waals surface area contributed by atoms with Gasteiger partial charge >= 0.3 is 11.9 Å². The number of rotatable bonds is 16. The molecule has 3 heterocycles. The van der Waals surface area contributed by atoms with Crippen LogP contribution in [0.4, 0.5) is 5.13 Å². The normalized spacial score (nSPS) is 16.4. The fourth-order valence-electron chi connectivity index (χ4n) is 7.92. The van der Waals surface area contributed by atoms with Gasteiger partial charge in [0.2, 0.25) is 5.60 Å². The molecule has 348 valence electrons. The van der Waals surface area contributed by atoms with E-state index in [0.717, 1.165) is 33.4 Å². The SMILES string of the molecule is CC(C)(C)OC(=O)C(C)(C)O/N=C(\C(=O)NC1C(=O)N2C(C(=O)OC(c3ccccc3)c3ccccc3)=C(CI)CSC12)c1csc(NC(c2ccccc2)(c2ccccc2)c2ccccc2)n1. The maximum Gasteiger partial charge on any atom is 0.356 e. The maximum absolute atomic E-state index is 14.7. The van der Waals surface area contributed by atoms with Crippen LogP contribution < -0.4 is 10.6 Å². The predicted molar refractivity (Wildman–Crippen MR) is 274 cm³/mol. The number of oxime groups is 1. The molecule has 5 aromatic carbocycles. The van der Waals surface area contributed by atoms with E-state index >= 15 is 0 Å². The summed E-state index contributed by atoms with van der Waals surface area (Å²) in [6.07, 6.45) is -0.729. The highest BCUT2D eigenvalue weighted by Gasteiger charge is 2.55. The highest BCUT2D eigenvalue weighted by atomic mass is 127. The summed E-state index contributed by atoms with van der Waals surface area (Å²) in [7, 11) is 0. The Morgan fingerprint density at radius 2 is 1.28 bits per heavy atom. The van der Waals surface area contributed by atoms with Gasteiger partial charge in [0.25, 0.3) is 11.8 Å². The molecular formula is C53H50IN5O7S2. The van der Waals surface area contributed by atoms with Gasteiger partial charge < -0.3 is 24.9 Å². The third-order valence-electron chi connectivity index (χ3n) is 11.3. The lowest BCUT2D eigenvalue weighted by Crippen LogP contribution is -2.71. The number of carbonyl (C=O) groups excluding carboxylic acids is 4. The number of nitrogens with zero attached hydrogens (tertiary/aromatic N) is 3. The summed E-state index contributed by atoms with van der Waals surface area (Å²) in [4.78, 5) is 68.8. The van der Waals surface area contributed by atoms with Crippen LogP contribution in [-0.4, -0.2) is 72.1 Å². The first-order valence-electron chi connectivity index (χ1n) is 21.9. The Kier molecular flexibility index (Phi) is 14.5. The number of alkyl halides is 1. The standard InChI is InChI=1S/C53H50IN5O7S2/c1-51(2,3)65-49(63)52(4,5)66-58-41(40-33-68-50(55-40)57-53(37-25-15-8-16-26-37,38-27-17-9-18-28-38)39-29-19-10-20-30-39)45(60)56-42-46(61)59-43(36(31-54)32-67-47(42)59)48(62)64-44(34-21-11-6-12-22-34)35-23-13-7-14-24-35/h6-30,33,42,44,47H,31-32H2,1-5H3,(H,55,57)(H,56,60)/b58-41-. The van der Waals surface area contributed by atoms with E-state index in [0.29, 0.717) is 15.3 Å². The number of thiazole rings is 1. The van der Waals surface area contributed by atoms with Crippen LogP contribution in [0.15, 0.2) is 173 Å². The number of hydrogen-bond donors (Lipinski definition) is 2. The molecule has 0 aliphatic carbocycles. The van der Waals surface area contributed by atoms with Crippen molar-refractivity contribution in [2.75, 3.05) is 15.5 Å². The Morgan fingerprint density at radius 3 is 1.76 bits per heavy atom. The van der Waals surface area contributed by atoms with Gasteiger partial charge in [-0.1, -0.05) is 179 Å². The fraction of sp³-hybridized carbons (Fsp3) is 0.245. The molecule has 1 saturated heterocycles. The number of aromatic nitrogens is 1. The van der Waals surface area contributed by atoms with Crippen molar-refractivity contribution in [3.63, 3.8) is 0 Å². The van der Waals surface area contributed by atoms with E-state index in [4.69, 9.17) is 19.3 Å². The van der Waals surface area contributed by atoms with E-state index in [1.165, 1.54) is 41.8 Å². The largest absolute Gasteiger partial charge is 0.457 e. The Labute approximate surface area is 417 Å². The summed E-state index contributed by atoms with van der Waals surface area (Å²) < 4.78 is 12.4. The topological polar surface area (TPSA) is 149 Å². The molecular weight excluding hydrogens is 1010 g/mol. The van der Waals surface area contributed by atoms with Crippen molar-refractivity contribution >= 4 is 80.3 Å². The fourth-order valence-corrected chi connectivity index (χ4v) is 11.0. The van der Waals surface area contributed by atoms with Gasteiger partial charge in [-0.15, -0.1) is 23.1 Å². The zero-order chi connectivity index (χ0) is 48.1. The first-order valence-corrected chi connectivity index (χ1v) is 25.4. The van der Waals surface area contributed by atoms with Gasteiger partial charge in [0.1, 0.15) is 33.9 Å². The monoisotopic (exact) mass is 1060 g/mol. The van der Waals surface area contributed by atoms with Crippen molar-refractivity contribution in [2.24, 2.45) is 5.16 Å². The number of hydrogen-bond acceptors (Lipinski definition) is 12. The molecule has 6 aromatic rings. The van der Waals surface area contributed by atoms with E-state index in [1.807, 2.05) is 152 Å². The van der Waals surface area contributed by atoms with Gasteiger partial charge in [0, 0.05) is 15.6 Å². The summed E-state index contributed by atoms with van der Waals surface area (Å²) in [6, 6.07) is 47.9. The van der Waals surface area contributed by atoms with Crippen molar-refractivity contribution in [2.45, 2.75) is 68.9 Å². The zero-order valence-corrected chi connectivity index (χ0v) is 41.8. The number of β-lactam (4-membered cyclic amide) rings is 1. The second kappa shape index (κ2) is 20.5. The molecule has 1 aromatic heterocycles. The second-order valence-electron chi connectivity index (χ2n) is 17.6. The number of thioether (sulfide) groups is 1. The lowest BCUT2D eigenvalue weighted by Gasteiger charge is -2.49. The highest BCUT2D eigenvalue weighted by Crippen LogP contribution is 2.43. The first kappa shape index (κ1) is 48.2. The number of nitrogens with one attached hydrogen (secondary N) is 2. The third-order valence-corrected chi connectivity index (χ3v) is 14.3. The molecule has 0 spiro atoms. The van der Waals surface area contributed by atoms with Crippen molar-refractivity contribution in [3.8, 4) is 0 Å². The van der Waals surface area contributed by atoms with Crippen LogP contribution in [0.25, 0.3) is 0 Å². The molecule has 0 saturated carbocycles. The molecule has 2 unspecified atom stereocenters. The van der Waals surface area contributed by atoms with Crippen LogP contribution >= 0.6 is 45.7 Å². The molecule has 15 heteroatoms. The summed E-state index contributed by atoms with van der Waals surface area (Å²) in [5.74, 6) is -2.18. The predicted octanol–water partition coefficient (Wildman–Crippen LogP) is 9.81. The van der Waals surface area contributed by atoms with Gasteiger partial charge in [-0.25, -0.2) is 14.6 Å². The van der Waals surface area contributed by atoms with E-state index in [1.54, 1.807) is 26.2 Å². The summed E-state index contributed by atoms with van der Waals surface area (Å²) in [6.45, 7) is 8.20. The number of carbonyl (C=O) groups is 4. The van der Waals surface area contributed by atoms with Crippen LogP contribution in [0.3, 0.4) is 0 Å². The average Bonchev–Trinajstić information content (AvgIpc) is 3.82. The Bertz CT molecular complexity index is 2680. The van der Waals surface area contributed by atoms with Gasteiger partial charge in [-0.3, -0.25) is 14.5 Å². The number of fused-ring (bicyclic) bond motifs is 1. The first-order chi connectivity index (χ1) is 32.7. The lowest BCUT2D eigenvalue weighted by molar-refractivity contribution is -0.179. The molecule has 1 fully saturated rings. The van der Waals surface area contributed by atoms with Crippen LogP contribution in [0.2, 0.25) is 0 Å². The molecule has 2 N–H and O–H groups in total. The van der Waals surface area contributed by atoms with E-state index in [-0.39, 0.29) is 17.1 Å². The van der Waals surface area contributed by atoms with Crippen molar-refractivity contribution in [3.05, 3.63) is 202 Å². The number of ether oxygens (including phenoxy) is 2. The van der Waals surface area contributed by atoms with Crippen molar-refractivity contribution in [1.29, 1.82) is 0 Å². The van der Waals surface area contributed by atoms with E-state index in [2.05, 4.69) is 38.4 Å². The summed E-state index contributed by atoms with van der Waals surface area (Å²) in [5.41, 5.74) is 1.77. The number of amides is 2. The average molecular weight is 1060 g/mol. The van der Waals surface area contributed by atoms with Crippen LogP contribution in [0.1, 0.15) is 74.2 Å². The number of anilines is 1. The van der Waals surface area contributed by atoms with E-state index in [9.17, 15) is 19.2 Å². The third kappa shape index (κ3) is 10.2. The molecule has 0 radical (unpaired) electrons. The Balaban J connectivity index is 1.10. The smallest absolute Gasteiger partial charge is 0.356 e. The number of halogens is 1. The molecule has 2 aliphatic rings. The zero-order valence-electron chi connectivity index (χ0n) is 38.1. The maximum atomic E-state index is 14.7. The molecule has 2 atom stereocenters. The molecule has 2 amide bonds. The number of benzene rings is 5. The summed E-state index contributed by atoms with van der Waals surface area (Å²) in [5, 5.41) is 12.4. The van der Waals surface area contributed by atoms with Crippen LogP contribution in [0.5, 0.6) is 0 Å². The Morgan fingerprint density at radius 1 is 0.779 bits per heavy atom. The van der Waals surface area contributed by atoms with Crippen LogP contribution in [-0.2, 0) is 39.0 Å². The van der Waals surface area contributed by atoms with E-state index < -0.39 is 58.0 Å². The quantitative estimate of drug-likeness (QED) is 0.0183. The summed E-state index contributed by atoms with van der Waals surface area (Å²) >= 11 is 4.87. The Hall–Kier alpha value is -6.30. The van der Waals surface area contributed by atoms with Gasteiger partial charge in [0.05, 0.1) is 0 Å². The van der Waals surface area contributed by atoms with Crippen molar-refractivity contribution in [1.82, 2.24) is 15.2 Å². The number of esters is 2. The van der Waals surface area contributed by atoms with Crippen molar-refractivity contribution < 1.29 is 33.5 Å². The molecule has 0 bridgehead atoms. The second-order valence-corrected chi connectivity index (χ2v) is 20.3. The van der Waals surface area contributed by atoms with Gasteiger partial charge in [0.15, 0.2) is 16.9 Å². The molecule has 12 nitrogen and oxygen atoms in total. The lowest BCUT2D eigenvalue weighted by atomic mass is 9.77. The molecule has 68 heavy (non-hydrogen) atoms. The molecule has 2 aliphatic heterocycles.